The van der Waals surface area contributed by atoms with E-state index < -0.39 is 47.0 Å². The van der Waals surface area contributed by atoms with Crippen LogP contribution >= 0.6 is 0 Å². The molecule has 21 heavy (non-hydrogen) atoms. The van der Waals surface area contributed by atoms with Crippen LogP contribution in [0.15, 0.2) is 23.3 Å². The zero-order valence-corrected chi connectivity index (χ0v) is 12.2. The second-order valence-corrected chi connectivity index (χ2v) is 3.56. The molecule has 0 spiro atoms. The summed E-state index contributed by atoms with van der Waals surface area (Å²) in [6.07, 6.45) is -0.594. The molecular weight excluding hydrogens is 284 g/mol. The van der Waals surface area contributed by atoms with E-state index in [1.807, 2.05) is 0 Å². The van der Waals surface area contributed by atoms with E-state index in [-0.39, 0.29) is 0 Å². The van der Waals surface area contributed by atoms with Crippen LogP contribution in [0, 0.1) is 0 Å². The Labute approximate surface area is 121 Å². The molecule has 0 atom stereocenters. The Morgan fingerprint density at radius 2 is 1.24 bits per heavy atom. The van der Waals surface area contributed by atoms with E-state index in [4.69, 9.17) is 0 Å². The van der Waals surface area contributed by atoms with Gasteiger partial charge in [-0.3, -0.25) is 4.79 Å². The SMILES string of the molecule is C=C(C(=O)OC)C(C(=O)OC)=C(CC(=O)OC)C(=O)OC. The number of hydrogen-bond acceptors (Lipinski definition) is 8. The fourth-order valence-corrected chi connectivity index (χ4v) is 1.36. The third-order valence-electron chi connectivity index (χ3n) is 2.41. The number of hydrogen-bond donors (Lipinski definition) is 0. The van der Waals surface area contributed by atoms with E-state index in [0.717, 1.165) is 28.4 Å². The molecule has 0 aromatic heterocycles. The van der Waals surface area contributed by atoms with Crippen molar-refractivity contribution in [2.45, 2.75) is 6.42 Å². The normalized spacial score (nSPS) is 10.9. The Kier molecular flexibility index (Phi) is 7.44. The van der Waals surface area contributed by atoms with E-state index in [0.29, 0.717) is 0 Å². The van der Waals surface area contributed by atoms with Crippen LogP contribution in [0.4, 0.5) is 0 Å². The molecule has 0 bridgehead atoms. The molecule has 0 amide bonds. The average molecular weight is 300 g/mol. The maximum Gasteiger partial charge on any atom is 0.339 e. The number of rotatable bonds is 6. The first-order valence-corrected chi connectivity index (χ1v) is 5.58. The molecule has 0 heterocycles. The van der Waals surface area contributed by atoms with Crippen LogP contribution in [0.3, 0.4) is 0 Å². The van der Waals surface area contributed by atoms with E-state index in [9.17, 15) is 19.2 Å². The highest BCUT2D eigenvalue weighted by Gasteiger charge is 2.30. The highest BCUT2D eigenvalue weighted by Crippen LogP contribution is 2.21. The summed E-state index contributed by atoms with van der Waals surface area (Å²) in [5.74, 6) is -3.79. The molecular formula is C13H16O8. The summed E-state index contributed by atoms with van der Waals surface area (Å²) in [4.78, 5) is 46.4. The van der Waals surface area contributed by atoms with Gasteiger partial charge < -0.3 is 18.9 Å². The summed E-state index contributed by atoms with van der Waals surface area (Å²) in [5, 5.41) is 0. The molecule has 8 nitrogen and oxygen atoms in total. The van der Waals surface area contributed by atoms with Crippen LogP contribution in [-0.2, 0) is 38.1 Å². The van der Waals surface area contributed by atoms with Crippen LogP contribution in [0.5, 0.6) is 0 Å². The molecule has 0 aromatic rings. The number of ether oxygens (including phenoxy) is 4. The van der Waals surface area contributed by atoms with Crippen molar-refractivity contribution in [1.29, 1.82) is 0 Å². The van der Waals surface area contributed by atoms with Gasteiger partial charge in [0.1, 0.15) is 0 Å². The molecule has 0 unspecified atom stereocenters. The van der Waals surface area contributed by atoms with Crippen LogP contribution in [0.25, 0.3) is 0 Å². The minimum absolute atomic E-state index is 0.411. The first-order valence-electron chi connectivity index (χ1n) is 5.58. The Balaban J connectivity index is 6.08. The lowest BCUT2D eigenvalue weighted by atomic mass is 9.98. The van der Waals surface area contributed by atoms with Gasteiger partial charge in [0.2, 0.25) is 0 Å². The van der Waals surface area contributed by atoms with Crippen molar-refractivity contribution in [3.63, 3.8) is 0 Å². The molecule has 0 rings (SSSR count). The van der Waals surface area contributed by atoms with Crippen molar-refractivity contribution in [2.24, 2.45) is 0 Å². The van der Waals surface area contributed by atoms with E-state index in [1.165, 1.54) is 0 Å². The molecule has 0 radical (unpaired) electrons. The average Bonchev–Trinajstić information content (AvgIpc) is 2.51. The lowest BCUT2D eigenvalue weighted by molar-refractivity contribution is -0.144. The Morgan fingerprint density at radius 1 is 0.762 bits per heavy atom. The van der Waals surface area contributed by atoms with Crippen molar-refractivity contribution in [1.82, 2.24) is 0 Å². The zero-order valence-electron chi connectivity index (χ0n) is 12.2. The third kappa shape index (κ3) is 4.75. The summed E-state index contributed by atoms with van der Waals surface area (Å²) >= 11 is 0. The molecule has 0 fully saturated rings. The fraction of sp³-hybridized carbons (Fsp3) is 0.385. The lowest BCUT2D eigenvalue weighted by Crippen LogP contribution is -2.22. The van der Waals surface area contributed by atoms with Gasteiger partial charge in [0.15, 0.2) is 0 Å². The Morgan fingerprint density at radius 3 is 1.62 bits per heavy atom. The maximum absolute atomic E-state index is 11.8. The molecule has 8 heteroatoms. The second-order valence-electron chi connectivity index (χ2n) is 3.56. The van der Waals surface area contributed by atoms with Crippen LogP contribution in [-0.4, -0.2) is 52.3 Å². The Hall–Kier alpha value is -2.64. The van der Waals surface area contributed by atoms with Crippen LogP contribution < -0.4 is 0 Å². The molecule has 0 aliphatic rings. The van der Waals surface area contributed by atoms with Gasteiger partial charge in [0.25, 0.3) is 0 Å². The molecule has 0 N–H and O–H groups in total. The molecule has 0 aliphatic heterocycles. The summed E-state index contributed by atoms with van der Waals surface area (Å²) in [5.41, 5.74) is -1.35. The van der Waals surface area contributed by atoms with Crippen molar-refractivity contribution in [3.8, 4) is 0 Å². The van der Waals surface area contributed by atoms with E-state index in [2.05, 4.69) is 25.5 Å². The van der Waals surface area contributed by atoms with E-state index >= 15 is 0 Å². The maximum atomic E-state index is 11.8. The highest BCUT2D eigenvalue weighted by molar-refractivity contribution is 6.12. The van der Waals surface area contributed by atoms with E-state index in [1.54, 1.807) is 0 Å². The van der Waals surface area contributed by atoms with Crippen molar-refractivity contribution < 1.29 is 38.1 Å². The summed E-state index contributed by atoms with van der Waals surface area (Å²) in [6.45, 7) is 3.37. The molecule has 116 valence electrons. The lowest BCUT2D eigenvalue weighted by Gasteiger charge is -2.12. The summed E-state index contributed by atoms with van der Waals surface area (Å²) in [6, 6.07) is 0. The molecule has 0 aliphatic carbocycles. The van der Waals surface area contributed by atoms with Gasteiger partial charge in [-0.25, -0.2) is 14.4 Å². The van der Waals surface area contributed by atoms with Crippen LogP contribution in [0.1, 0.15) is 6.42 Å². The smallest absolute Gasteiger partial charge is 0.339 e. The van der Waals surface area contributed by atoms with Crippen molar-refractivity contribution in [2.75, 3.05) is 28.4 Å². The quantitative estimate of drug-likeness (QED) is 0.290. The predicted molar refractivity (Wildman–Crippen MR) is 68.8 cm³/mol. The van der Waals surface area contributed by atoms with Crippen molar-refractivity contribution >= 4 is 23.9 Å². The van der Waals surface area contributed by atoms with Gasteiger partial charge in [-0.1, -0.05) is 6.58 Å². The predicted octanol–water partition coefficient (Wildman–Crippen LogP) is -0.0787. The molecule has 0 aromatic carbocycles. The van der Waals surface area contributed by atoms with Gasteiger partial charge in [-0.05, 0) is 0 Å². The summed E-state index contributed by atoms with van der Waals surface area (Å²) in [7, 11) is 4.26. The Bertz CT molecular complexity index is 500. The van der Waals surface area contributed by atoms with Gasteiger partial charge in [0.05, 0.1) is 51.6 Å². The topological polar surface area (TPSA) is 105 Å². The van der Waals surface area contributed by atoms with Gasteiger partial charge >= 0.3 is 23.9 Å². The molecule has 0 saturated heterocycles. The fourth-order valence-electron chi connectivity index (χ4n) is 1.36. The largest absolute Gasteiger partial charge is 0.469 e. The van der Waals surface area contributed by atoms with Crippen molar-refractivity contribution in [3.05, 3.63) is 23.3 Å². The number of carbonyl (C=O) groups excluding carboxylic acids is 4. The zero-order chi connectivity index (χ0) is 16.6. The second kappa shape index (κ2) is 8.51. The van der Waals surface area contributed by atoms with Gasteiger partial charge in [0, 0.05) is 0 Å². The number of carbonyl (C=O) groups is 4. The standard InChI is InChI=1S/C13H16O8/c1-7(11(15)19-3)10(13(17)21-5)8(12(16)20-4)6-9(14)18-2/h1,6H2,2-5H3. The number of esters is 4. The minimum atomic E-state index is -1.03. The minimum Gasteiger partial charge on any atom is -0.469 e. The monoisotopic (exact) mass is 300 g/mol. The first kappa shape index (κ1) is 18.4. The first-order chi connectivity index (χ1) is 9.83. The van der Waals surface area contributed by atoms with Crippen LogP contribution in [0.2, 0.25) is 0 Å². The van der Waals surface area contributed by atoms with Gasteiger partial charge in [-0.2, -0.15) is 0 Å². The van der Waals surface area contributed by atoms with Gasteiger partial charge in [-0.15, -0.1) is 0 Å². The summed E-state index contributed by atoms with van der Waals surface area (Å²) < 4.78 is 17.8. The number of methoxy groups -OCH3 is 4. The third-order valence-corrected chi connectivity index (χ3v) is 2.41. The molecule has 0 saturated carbocycles. The highest BCUT2D eigenvalue weighted by atomic mass is 16.5.